The van der Waals surface area contributed by atoms with Gasteiger partial charge in [0.25, 0.3) is 0 Å². The molecule has 1 amide bonds. The van der Waals surface area contributed by atoms with Gasteiger partial charge in [0.2, 0.25) is 5.91 Å². The SMILES string of the molecule is N#CC1CCN(C(=O)/C=C/C(=O)O)CC1. The van der Waals surface area contributed by atoms with Crippen molar-refractivity contribution in [2.24, 2.45) is 5.92 Å². The molecule has 0 radical (unpaired) electrons. The Labute approximate surface area is 87.6 Å². The van der Waals surface area contributed by atoms with Crippen LogP contribution in [-0.2, 0) is 9.59 Å². The first kappa shape index (κ1) is 11.2. The minimum Gasteiger partial charge on any atom is -0.478 e. The van der Waals surface area contributed by atoms with Gasteiger partial charge in [0.1, 0.15) is 0 Å². The van der Waals surface area contributed by atoms with Crippen LogP contribution in [0.25, 0.3) is 0 Å². The number of hydrogen-bond donors (Lipinski definition) is 1. The molecule has 0 atom stereocenters. The highest BCUT2D eigenvalue weighted by Crippen LogP contribution is 2.15. The van der Waals surface area contributed by atoms with Crippen molar-refractivity contribution >= 4 is 11.9 Å². The highest BCUT2D eigenvalue weighted by molar-refractivity contribution is 5.93. The fourth-order valence-corrected chi connectivity index (χ4v) is 1.48. The van der Waals surface area contributed by atoms with Crippen molar-refractivity contribution in [1.82, 2.24) is 4.90 Å². The van der Waals surface area contributed by atoms with Gasteiger partial charge in [-0.15, -0.1) is 0 Å². The van der Waals surface area contributed by atoms with Crippen LogP contribution in [-0.4, -0.2) is 35.0 Å². The molecule has 0 spiro atoms. The van der Waals surface area contributed by atoms with Gasteiger partial charge in [0.15, 0.2) is 0 Å². The molecule has 1 rings (SSSR count). The normalized spacial score (nSPS) is 17.7. The van der Waals surface area contributed by atoms with Crippen molar-refractivity contribution in [1.29, 1.82) is 5.26 Å². The third kappa shape index (κ3) is 3.43. The van der Waals surface area contributed by atoms with Crippen LogP contribution in [0.3, 0.4) is 0 Å². The molecular weight excluding hydrogens is 196 g/mol. The predicted octanol–water partition coefficient (Wildman–Crippen LogP) is 0.389. The third-order valence-corrected chi connectivity index (χ3v) is 2.36. The van der Waals surface area contributed by atoms with Crippen LogP contribution < -0.4 is 0 Å². The van der Waals surface area contributed by atoms with E-state index in [2.05, 4.69) is 6.07 Å². The van der Waals surface area contributed by atoms with Crippen molar-refractivity contribution in [2.45, 2.75) is 12.8 Å². The maximum absolute atomic E-state index is 11.4. The lowest BCUT2D eigenvalue weighted by Gasteiger charge is -2.28. The van der Waals surface area contributed by atoms with Crippen LogP contribution in [0.15, 0.2) is 12.2 Å². The van der Waals surface area contributed by atoms with E-state index < -0.39 is 5.97 Å². The molecule has 0 saturated carbocycles. The van der Waals surface area contributed by atoms with E-state index in [9.17, 15) is 9.59 Å². The number of carbonyl (C=O) groups is 2. The fraction of sp³-hybridized carbons (Fsp3) is 0.500. The lowest BCUT2D eigenvalue weighted by atomic mass is 9.98. The second-order valence-corrected chi connectivity index (χ2v) is 3.40. The van der Waals surface area contributed by atoms with E-state index in [0.717, 1.165) is 12.2 Å². The number of piperidine rings is 1. The molecule has 15 heavy (non-hydrogen) atoms. The van der Waals surface area contributed by atoms with E-state index in [1.54, 1.807) is 4.90 Å². The zero-order valence-corrected chi connectivity index (χ0v) is 8.22. The van der Waals surface area contributed by atoms with Gasteiger partial charge in [-0.3, -0.25) is 4.79 Å². The highest BCUT2D eigenvalue weighted by atomic mass is 16.4. The number of likely N-dealkylation sites (tertiary alicyclic amines) is 1. The first-order chi connectivity index (χ1) is 7.13. The van der Waals surface area contributed by atoms with Crippen LogP contribution in [0.5, 0.6) is 0 Å². The van der Waals surface area contributed by atoms with Crippen molar-refractivity contribution in [3.05, 3.63) is 12.2 Å². The Morgan fingerprint density at radius 2 is 1.93 bits per heavy atom. The topological polar surface area (TPSA) is 81.4 Å². The molecule has 5 nitrogen and oxygen atoms in total. The number of amides is 1. The number of nitrogens with zero attached hydrogens (tertiary/aromatic N) is 2. The average Bonchev–Trinajstić information content (AvgIpc) is 2.26. The lowest BCUT2D eigenvalue weighted by Crippen LogP contribution is -2.37. The molecule has 1 heterocycles. The molecule has 1 saturated heterocycles. The molecule has 1 aliphatic rings. The number of rotatable bonds is 2. The molecule has 80 valence electrons. The maximum atomic E-state index is 11.4. The molecule has 0 aromatic heterocycles. The molecule has 5 heteroatoms. The monoisotopic (exact) mass is 208 g/mol. The fourth-order valence-electron chi connectivity index (χ4n) is 1.48. The summed E-state index contributed by atoms with van der Waals surface area (Å²) in [4.78, 5) is 23.1. The Morgan fingerprint density at radius 1 is 1.33 bits per heavy atom. The number of carboxylic acid groups (broad SMARTS) is 1. The smallest absolute Gasteiger partial charge is 0.328 e. The zero-order chi connectivity index (χ0) is 11.3. The Kier molecular flexibility index (Phi) is 3.86. The Morgan fingerprint density at radius 3 is 2.40 bits per heavy atom. The lowest BCUT2D eigenvalue weighted by molar-refractivity contribution is -0.132. The van der Waals surface area contributed by atoms with Gasteiger partial charge in [0, 0.05) is 31.2 Å². The summed E-state index contributed by atoms with van der Waals surface area (Å²) in [5, 5.41) is 17.0. The number of hydrogen-bond acceptors (Lipinski definition) is 3. The number of aliphatic carboxylic acids is 1. The molecule has 0 aromatic carbocycles. The summed E-state index contributed by atoms with van der Waals surface area (Å²) >= 11 is 0. The van der Waals surface area contributed by atoms with E-state index in [-0.39, 0.29) is 11.8 Å². The Bertz CT molecular complexity index is 322. The van der Waals surface area contributed by atoms with Crippen LogP contribution >= 0.6 is 0 Å². The molecule has 1 aliphatic heterocycles. The van der Waals surface area contributed by atoms with Gasteiger partial charge in [-0.2, -0.15) is 5.26 Å². The summed E-state index contributed by atoms with van der Waals surface area (Å²) < 4.78 is 0. The second kappa shape index (κ2) is 5.15. The first-order valence-corrected chi connectivity index (χ1v) is 4.73. The van der Waals surface area contributed by atoms with Crippen molar-refractivity contribution in [3.63, 3.8) is 0 Å². The maximum Gasteiger partial charge on any atom is 0.328 e. The summed E-state index contributed by atoms with van der Waals surface area (Å²) in [5.41, 5.74) is 0. The van der Waals surface area contributed by atoms with E-state index >= 15 is 0 Å². The van der Waals surface area contributed by atoms with Crippen molar-refractivity contribution < 1.29 is 14.7 Å². The minimum atomic E-state index is -1.13. The number of nitriles is 1. The van der Waals surface area contributed by atoms with Gasteiger partial charge in [-0.25, -0.2) is 4.79 Å². The quantitative estimate of drug-likeness (QED) is 0.665. The highest BCUT2D eigenvalue weighted by Gasteiger charge is 2.20. The molecular formula is C10H12N2O3. The van der Waals surface area contributed by atoms with E-state index in [4.69, 9.17) is 10.4 Å². The molecule has 1 fully saturated rings. The van der Waals surface area contributed by atoms with Crippen molar-refractivity contribution in [2.75, 3.05) is 13.1 Å². The van der Waals surface area contributed by atoms with Crippen LogP contribution in [0.2, 0.25) is 0 Å². The minimum absolute atomic E-state index is 0.0255. The largest absolute Gasteiger partial charge is 0.478 e. The van der Waals surface area contributed by atoms with Gasteiger partial charge in [-0.05, 0) is 12.8 Å². The third-order valence-electron chi connectivity index (χ3n) is 2.36. The molecule has 1 N–H and O–H groups in total. The number of carbonyl (C=O) groups excluding carboxylic acids is 1. The summed E-state index contributed by atoms with van der Waals surface area (Å²) in [6, 6.07) is 2.16. The van der Waals surface area contributed by atoms with Gasteiger partial charge in [0.05, 0.1) is 6.07 Å². The predicted molar refractivity (Wildman–Crippen MR) is 51.7 cm³/mol. The van der Waals surface area contributed by atoms with Crippen molar-refractivity contribution in [3.8, 4) is 6.07 Å². The van der Waals surface area contributed by atoms with Crippen LogP contribution in [0.1, 0.15) is 12.8 Å². The summed E-state index contributed by atoms with van der Waals surface area (Å²) in [6.45, 7) is 1.06. The van der Waals surface area contributed by atoms with Gasteiger partial charge in [-0.1, -0.05) is 0 Å². The average molecular weight is 208 g/mol. The zero-order valence-electron chi connectivity index (χ0n) is 8.22. The number of carboxylic acids is 1. The van der Waals surface area contributed by atoms with E-state index in [1.807, 2.05) is 0 Å². The standard InChI is InChI=1S/C10H12N2O3/c11-7-8-3-5-12(6-4-8)9(13)1-2-10(14)15/h1-2,8H,3-6H2,(H,14,15)/b2-1+. The Balaban J connectivity index is 2.44. The summed E-state index contributed by atoms with van der Waals surface area (Å²) in [6.07, 6.45) is 3.22. The second-order valence-electron chi connectivity index (χ2n) is 3.40. The van der Waals surface area contributed by atoms with Gasteiger partial charge < -0.3 is 10.0 Å². The van der Waals surface area contributed by atoms with Crippen LogP contribution in [0, 0.1) is 17.2 Å². The van der Waals surface area contributed by atoms with E-state index in [0.29, 0.717) is 25.9 Å². The van der Waals surface area contributed by atoms with Crippen LogP contribution in [0.4, 0.5) is 0 Å². The molecule has 0 aromatic rings. The summed E-state index contributed by atoms with van der Waals surface area (Å²) in [5.74, 6) is -1.40. The molecule has 0 aliphatic carbocycles. The van der Waals surface area contributed by atoms with E-state index in [1.165, 1.54) is 0 Å². The van der Waals surface area contributed by atoms with Gasteiger partial charge >= 0.3 is 5.97 Å². The molecule has 0 bridgehead atoms. The Hall–Kier alpha value is -1.83. The molecule has 0 unspecified atom stereocenters. The summed E-state index contributed by atoms with van der Waals surface area (Å²) in [7, 11) is 0. The first-order valence-electron chi connectivity index (χ1n) is 4.73.